The number of benzene rings is 2. The number of carbonyl (C=O) groups excluding carboxylic acids is 2. The Balaban J connectivity index is 1.83. The largest absolute Gasteiger partial charge is 0.489 e. The number of aromatic nitrogens is 1. The fraction of sp³-hybridized carbons (Fsp3) is 0.111. The van der Waals surface area contributed by atoms with Gasteiger partial charge in [-0.2, -0.15) is 0 Å². The van der Waals surface area contributed by atoms with Gasteiger partial charge in [-0.1, -0.05) is 30.3 Å². The van der Waals surface area contributed by atoms with Crippen LogP contribution in [0.1, 0.15) is 10.4 Å². The standard InChI is InChI=1S/C18H15FN2O3/c19-14-6-2-4-8-16(14)24-10-9-21-11-13(17(22)18(20)23)12-5-1-3-7-15(12)21/h1-8,11H,9-10H2,(H2,20,23). The summed E-state index contributed by atoms with van der Waals surface area (Å²) in [6.45, 7) is 0.602. The molecule has 0 aliphatic carbocycles. The first kappa shape index (κ1) is 15.7. The lowest BCUT2D eigenvalue weighted by atomic mass is 10.1. The van der Waals surface area contributed by atoms with Crippen LogP contribution < -0.4 is 10.5 Å². The van der Waals surface area contributed by atoms with Crippen LogP contribution in [-0.4, -0.2) is 22.9 Å². The van der Waals surface area contributed by atoms with Crippen LogP contribution >= 0.6 is 0 Å². The number of rotatable bonds is 6. The van der Waals surface area contributed by atoms with E-state index in [9.17, 15) is 14.0 Å². The van der Waals surface area contributed by atoms with Gasteiger partial charge in [0.25, 0.3) is 11.7 Å². The molecule has 1 heterocycles. The highest BCUT2D eigenvalue weighted by Gasteiger charge is 2.18. The van der Waals surface area contributed by atoms with Gasteiger partial charge >= 0.3 is 0 Å². The molecule has 5 nitrogen and oxygen atoms in total. The third-order valence-corrected chi connectivity index (χ3v) is 3.68. The Morgan fingerprint density at radius 3 is 2.54 bits per heavy atom. The number of para-hydroxylation sites is 2. The van der Waals surface area contributed by atoms with Crippen LogP contribution in [0.2, 0.25) is 0 Å². The predicted molar refractivity (Wildman–Crippen MR) is 87.4 cm³/mol. The Kier molecular flexibility index (Phi) is 4.29. The first-order chi connectivity index (χ1) is 11.6. The van der Waals surface area contributed by atoms with Gasteiger partial charge in [0.15, 0.2) is 11.6 Å². The molecule has 0 radical (unpaired) electrons. The number of carbonyl (C=O) groups is 2. The number of primary amides is 1. The summed E-state index contributed by atoms with van der Waals surface area (Å²) in [7, 11) is 0. The molecule has 6 heteroatoms. The van der Waals surface area contributed by atoms with E-state index in [4.69, 9.17) is 10.5 Å². The van der Waals surface area contributed by atoms with E-state index in [1.54, 1.807) is 41.1 Å². The van der Waals surface area contributed by atoms with Crippen LogP contribution in [0, 0.1) is 5.82 Å². The van der Waals surface area contributed by atoms with Crippen molar-refractivity contribution in [2.45, 2.75) is 6.54 Å². The van der Waals surface area contributed by atoms with Crippen molar-refractivity contribution < 1.29 is 18.7 Å². The monoisotopic (exact) mass is 326 g/mol. The molecule has 3 aromatic rings. The van der Waals surface area contributed by atoms with E-state index in [2.05, 4.69) is 0 Å². The SMILES string of the molecule is NC(=O)C(=O)c1cn(CCOc2ccccc2F)c2ccccc12. The number of ketones is 1. The zero-order valence-electron chi connectivity index (χ0n) is 12.7. The second kappa shape index (κ2) is 6.54. The molecule has 1 aromatic heterocycles. The van der Waals surface area contributed by atoms with Gasteiger partial charge in [-0.15, -0.1) is 0 Å². The van der Waals surface area contributed by atoms with Crippen molar-refractivity contribution in [2.24, 2.45) is 5.73 Å². The maximum Gasteiger partial charge on any atom is 0.289 e. The van der Waals surface area contributed by atoms with Gasteiger partial charge in [0, 0.05) is 17.1 Å². The number of nitrogens with zero attached hydrogens (tertiary/aromatic N) is 1. The Bertz CT molecular complexity index is 918. The molecule has 0 fully saturated rings. The lowest BCUT2D eigenvalue weighted by Gasteiger charge is -2.08. The second-order valence-corrected chi connectivity index (χ2v) is 5.23. The number of hydrogen-bond acceptors (Lipinski definition) is 3. The van der Waals surface area contributed by atoms with Crippen LogP contribution in [0.15, 0.2) is 54.7 Å². The van der Waals surface area contributed by atoms with Gasteiger partial charge in [0.1, 0.15) is 6.61 Å². The molecule has 0 spiro atoms. The van der Waals surface area contributed by atoms with Gasteiger partial charge in [-0.05, 0) is 18.2 Å². The molecule has 0 atom stereocenters. The molecule has 2 N–H and O–H groups in total. The fourth-order valence-electron chi connectivity index (χ4n) is 2.56. The van der Waals surface area contributed by atoms with E-state index in [1.807, 2.05) is 12.1 Å². The predicted octanol–water partition coefficient (Wildman–Crippen LogP) is 2.53. The minimum atomic E-state index is -1.000. The summed E-state index contributed by atoms with van der Waals surface area (Å²) in [6, 6.07) is 13.3. The van der Waals surface area contributed by atoms with Crippen LogP contribution in [0.25, 0.3) is 10.9 Å². The number of ether oxygens (including phenoxy) is 1. The topological polar surface area (TPSA) is 74.3 Å². The number of halogens is 1. The second-order valence-electron chi connectivity index (χ2n) is 5.23. The summed E-state index contributed by atoms with van der Waals surface area (Å²) in [5.41, 5.74) is 6.13. The average molecular weight is 326 g/mol. The van der Waals surface area contributed by atoms with Crippen molar-refractivity contribution in [1.29, 1.82) is 0 Å². The van der Waals surface area contributed by atoms with E-state index in [0.29, 0.717) is 11.9 Å². The molecule has 0 saturated carbocycles. The maximum atomic E-state index is 13.5. The summed E-state index contributed by atoms with van der Waals surface area (Å²) < 4.78 is 20.8. The van der Waals surface area contributed by atoms with Crippen molar-refractivity contribution in [3.05, 3.63) is 66.1 Å². The first-order valence-corrected chi connectivity index (χ1v) is 7.37. The van der Waals surface area contributed by atoms with Crippen LogP contribution in [0.3, 0.4) is 0 Å². The summed E-state index contributed by atoms with van der Waals surface area (Å²) in [6.07, 6.45) is 1.57. The van der Waals surface area contributed by atoms with Gasteiger partial charge in [-0.3, -0.25) is 9.59 Å². The third kappa shape index (κ3) is 2.99. The van der Waals surface area contributed by atoms with Crippen LogP contribution in [-0.2, 0) is 11.3 Å². The molecule has 1 amide bonds. The van der Waals surface area contributed by atoms with E-state index < -0.39 is 17.5 Å². The average Bonchev–Trinajstić information content (AvgIpc) is 2.95. The number of nitrogens with two attached hydrogens (primary N) is 1. The minimum Gasteiger partial charge on any atom is -0.489 e. The third-order valence-electron chi connectivity index (χ3n) is 3.68. The highest BCUT2D eigenvalue weighted by Crippen LogP contribution is 2.22. The van der Waals surface area contributed by atoms with Gasteiger partial charge in [-0.25, -0.2) is 4.39 Å². The van der Waals surface area contributed by atoms with Crippen molar-refractivity contribution in [3.8, 4) is 5.75 Å². The van der Waals surface area contributed by atoms with Crippen LogP contribution in [0.4, 0.5) is 4.39 Å². The molecule has 24 heavy (non-hydrogen) atoms. The van der Waals surface area contributed by atoms with E-state index in [1.165, 1.54) is 6.07 Å². The Morgan fingerprint density at radius 2 is 1.79 bits per heavy atom. The molecule has 3 rings (SSSR count). The van der Waals surface area contributed by atoms with E-state index in [0.717, 1.165) is 5.52 Å². The zero-order valence-corrected chi connectivity index (χ0v) is 12.7. The molecular formula is C18H15FN2O3. The summed E-state index contributed by atoms with van der Waals surface area (Å²) in [5, 5.41) is 0.646. The Morgan fingerprint density at radius 1 is 1.08 bits per heavy atom. The first-order valence-electron chi connectivity index (χ1n) is 7.37. The molecule has 0 bridgehead atoms. The summed E-state index contributed by atoms with van der Waals surface area (Å²) >= 11 is 0. The molecule has 2 aromatic carbocycles. The normalized spacial score (nSPS) is 10.7. The molecule has 122 valence electrons. The highest BCUT2D eigenvalue weighted by molar-refractivity contribution is 6.44. The number of amides is 1. The van der Waals surface area contributed by atoms with Crippen molar-refractivity contribution in [3.63, 3.8) is 0 Å². The quantitative estimate of drug-likeness (QED) is 0.559. The Hall–Kier alpha value is -3.15. The summed E-state index contributed by atoms with van der Waals surface area (Å²) in [5.74, 6) is -2.00. The fourth-order valence-corrected chi connectivity index (χ4v) is 2.56. The molecular weight excluding hydrogens is 311 g/mol. The highest BCUT2D eigenvalue weighted by atomic mass is 19.1. The minimum absolute atomic E-state index is 0.169. The van der Waals surface area contributed by atoms with E-state index in [-0.39, 0.29) is 17.9 Å². The number of hydrogen-bond donors (Lipinski definition) is 1. The molecule has 0 aliphatic rings. The lowest BCUT2D eigenvalue weighted by molar-refractivity contribution is -0.114. The molecule has 0 aliphatic heterocycles. The van der Waals surface area contributed by atoms with E-state index >= 15 is 0 Å². The lowest BCUT2D eigenvalue weighted by Crippen LogP contribution is -2.22. The van der Waals surface area contributed by atoms with Gasteiger partial charge in [0.2, 0.25) is 0 Å². The number of Topliss-reactive ketones (excluding diaryl/α,β-unsaturated/α-hetero) is 1. The molecule has 0 saturated heterocycles. The zero-order chi connectivity index (χ0) is 17.1. The number of fused-ring (bicyclic) bond motifs is 1. The molecule has 0 unspecified atom stereocenters. The smallest absolute Gasteiger partial charge is 0.289 e. The van der Waals surface area contributed by atoms with Crippen LogP contribution in [0.5, 0.6) is 5.75 Å². The summed E-state index contributed by atoms with van der Waals surface area (Å²) in [4.78, 5) is 23.1. The van der Waals surface area contributed by atoms with Crippen molar-refractivity contribution >= 4 is 22.6 Å². The van der Waals surface area contributed by atoms with Gasteiger partial charge in [0.05, 0.1) is 12.1 Å². The Labute approximate surface area is 137 Å². The van der Waals surface area contributed by atoms with Crippen molar-refractivity contribution in [2.75, 3.05) is 6.61 Å². The van der Waals surface area contributed by atoms with Crippen molar-refractivity contribution in [1.82, 2.24) is 4.57 Å². The van der Waals surface area contributed by atoms with Gasteiger partial charge < -0.3 is 15.0 Å². The maximum absolute atomic E-state index is 13.5.